The quantitative estimate of drug-likeness (QED) is 0.607. The molecule has 0 aromatic heterocycles. The number of nitrogens with zero attached hydrogens (tertiary/aromatic N) is 5. The van der Waals surface area contributed by atoms with Crippen molar-refractivity contribution in [2.75, 3.05) is 32.9 Å². The van der Waals surface area contributed by atoms with E-state index in [1.54, 1.807) is 7.05 Å². The molecule has 0 spiro atoms. The van der Waals surface area contributed by atoms with Gasteiger partial charge < -0.3 is 4.90 Å². The van der Waals surface area contributed by atoms with E-state index >= 15 is 0 Å². The number of amidine groups is 2. The fourth-order valence-corrected chi connectivity index (χ4v) is 5.78. The second-order valence-electron chi connectivity index (χ2n) is 9.53. The van der Waals surface area contributed by atoms with Crippen LogP contribution in [0.1, 0.15) is 31.2 Å². The second-order valence-corrected chi connectivity index (χ2v) is 10.5. The molecule has 178 valence electrons. The summed E-state index contributed by atoms with van der Waals surface area (Å²) in [5.41, 5.74) is 1.35. The standard InChI is InChI=1S/C25H30N5O3S/c1-28-22-20(24(32)29(2)25(28)33)23(27-21(26-22)18-8-9-18)34-15-19(31)30-12-10-17(11-13-30)14-16-6-4-3-5-7-16/h3-7,17-18,20H,8-15H2,1-2H3/q+1. The lowest BCUT2D eigenvalue weighted by Gasteiger charge is -2.32. The summed E-state index contributed by atoms with van der Waals surface area (Å²) in [7, 11) is 3.12. The Balaban J connectivity index is 1.23. The molecule has 2 fully saturated rings. The lowest BCUT2D eigenvalue weighted by Crippen LogP contribution is -2.55. The van der Waals surface area contributed by atoms with Gasteiger partial charge in [-0.3, -0.25) is 9.59 Å². The lowest BCUT2D eigenvalue weighted by molar-refractivity contribution is -0.407. The SMILES string of the molecule is CN1C(=O)C2C(SCC(=O)N3CCC(Cc4ccccc4)CC3)=NC(C3CC3)=NC2=[N+](C)C1=O. The molecule has 1 aromatic carbocycles. The molecule has 0 bridgehead atoms. The van der Waals surface area contributed by atoms with Crippen molar-refractivity contribution in [2.45, 2.75) is 32.1 Å². The predicted molar refractivity (Wildman–Crippen MR) is 132 cm³/mol. The maximum atomic E-state index is 13.0. The summed E-state index contributed by atoms with van der Waals surface area (Å²) >= 11 is 1.32. The van der Waals surface area contributed by atoms with Crippen molar-refractivity contribution < 1.29 is 19.0 Å². The molecule has 8 nitrogen and oxygen atoms in total. The lowest BCUT2D eigenvalue weighted by atomic mass is 9.90. The summed E-state index contributed by atoms with van der Waals surface area (Å²) in [5, 5.41) is 0.579. The topological polar surface area (TPSA) is 85.4 Å². The fourth-order valence-electron chi connectivity index (χ4n) is 4.79. The summed E-state index contributed by atoms with van der Waals surface area (Å²) in [4.78, 5) is 50.7. The first-order valence-corrected chi connectivity index (χ1v) is 12.9. The van der Waals surface area contributed by atoms with Crippen LogP contribution in [0.5, 0.6) is 0 Å². The van der Waals surface area contributed by atoms with Crippen LogP contribution < -0.4 is 0 Å². The van der Waals surface area contributed by atoms with Crippen LogP contribution in [-0.4, -0.2) is 81.9 Å². The first kappa shape index (κ1) is 23.0. The number of piperidine rings is 1. The maximum Gasteiger partial charge on any atom is 0.445 e. The second kappa shape index (κ2) is 9.44. The van der Waals surface area contributed by atoms with Gasteiger partial charge in [0.25, 0.3) is 5.84 Å². The third-order valence-corrected chi connectivity index (χ3v) is 8.09. The van der Waals surface area contributed by atoms with Crippen LogP contribution in [0.3, 0.4) is 0 Å². The normalized spacial score (nSPS) is 23.6. The number of urea groups is 1. The van der Waals surface area contributed by atoms with E-state index in [1.165, 1.54) is 28.9 Å². The largest absolute Gasteiger partial charge is 0.445 e. The van der Waals surface area contributed by atoms with Gasteiger partial charge in [0.05, 0.1) is 19.8 Å². The van der Waals surface area contributed by atoms with Crippen molar-refractivity contribution in [2.24, 2.45) is 27.7 Å². The highest BCUT2D eigenvalue weighted by Crippen LogP contribution is 2.35. The number of thioether (sulfide) groups is 1. The summed E-state index contributed by atoms with van der Waals surface area (Å²) < 4.78 is 1.43. The number of aliphatic imine (C=N–C) groups is 2. The maximum absolute atomic E-state index is 13.0. The van der Waals surface area contributed by atoms with Gasteiger partial charge in [0, 0.05) is 19.0 Å². The minimum absolute atomic E-state index is 0.0731. The van der Waals surface area contributed by atoms with Crippen LogP contribution in [0.4, 0.5) is 4.79 Å². The molecular formula is C25H30N5O3S+. The molecule has 1 saturated carbocycles. The Morgan fingerprint density at radius 2 is 1.79 bits per heavy atom. The highest BCUT2D eigenvalue weighted by Gasteiger charge is 2.50. The molecule has 0 radical (unpaired) electrons. The number of imide groups is 1. The van der Waals surface area contributed by atoms with Gasteiger partial charge in [0.1, 0.15) is 5.04 Å². The Morgan fingerprint density at radius 1 is 1.09 bits per heavy atom. The van der Waals surface area contributed by atoms with Gasteiger partial charge in [-0.15, -0.1) is 0 Å². The van der Waals surface area contributed by atoms with Gasteiger partial charge >= 0.3 is 11.9 Å². The van der Waals surface area contributed by atoms with Crippen molar-refractivity contribution in [1.29, 1.82) is 0 Å². The van der Waals surface area contributed by atoms with Crippen molar-refractivity contribution in [3.63, 3.8) is 0 Å². The fraction of sp³-hybridized carbons (Fsp3) is 0.520. The zero-order valence-corrected chi connectivity index (χ0v) is 20.5. The van der Waals surface area contributed by atoms with E-state index in [-0.39, 0.29) is 23.5 Å². The van der Waals surface area contributed by atoms with Crippen LogP contribution in [0.15, 0.2) is 40.3 Å². The average Bonchev–Trinajstić information content (AvgIpc) is 3.71. The molecular weight excluding hydrogens is 450 g/mol. The van der Waals surface area contributed by atoms with Gasteiger partial charge in [0.15, 0.2) is 5.92 Å². The summed E-state index contributed by atoms with van der Waals surface area (Å²) in [6.07, 6.45) is 5.09. The molecule has 9 heteroatoms. The zero-order chi connectivity index (χ0) is 23.8. The van der Waals surface area contributed by atoms with Gasteiger partial charge in [-0.2, -0.15) is 9.48 Å². The number of benzene rings is 1. The number of carbonyl (C=O) groups excluding carboxylic acids is 3. The molecule has 1 saturated heterocycles. The van der Waals surface area contributed by atoms with Crippen molar-refractivity contribution in [3.8, 4) is 0 Å². The Labute approximate surface area is 203 Å². The van der Waals surface area contributed by atoms with Gasteiger partial charge in [-0.05, 0) is 43.6 Å². The average molecular weight is 481 g/mol. The van der Waals surface area contributed by atoms with E-state index in [1.807, 2.05) is 11.0 Å². The van der Waals surface area contributed by atoms with Crippen LogP contribution in [0, 0.1) is 17.8 Å². The van der Waals surface area contributed by atoms with Crippen molar-refractivity contribution >= 4 is 46.3 Å². The van der Waals surface area contributed by atoms with Crippen LogP contribution in [0.2, 0.25) is 0 Å². The van der Waals surface area contributed by atoms with Gasteiger partial charge in [0.2, 0.25) is 11.7 Å². The van der Waals surface area contributed by atoms with Crippen molar-refractivity contribution in [3.05, 3.63) is 35.9 Å². The number of rotatable bonds is 5. The molecule has 34 heavy (non-hydrogen) atoms. The highest BCUT2D eigenvalue weighted by atomic mass is 32.2. The van der Waals surface area contributed by atoms with Crippen LogP contribution >= 0.6 is 11.8 Å². The smallest absolute Gasteiger partial charge is 0.342 e. The highest BCUT2D eigenvalue weighted by molar-refractivity contribution is 8.14. The number of fused-ring (bicyclic) bond motifs is 1. The van der Waals surface area contributed by atoms with Gasteiger partial charge in [-0.25, -0.2) is 9.79 Å². The van der Waals surface area contributed by atoms with E-state index in [0.29, 0.717) is 22.6 Å². The molecule has 1 aliphatic carbocycles. The molecule has 3 aliphatic heterocycles. The minimum atomic E-state index is -0.718. The number of hydrogen-bond acceptors (Lipinski definition) is 6. The monoisotopic (exact) mass is 480 g/mol. The molecule has 1 aromatic rings. The van der Waals surface area contributed by atoms with Crippen LogP contribution in [0.25, 0.3) is 0 Å². The van der Waals surface area contributed by atoms with E-state index in [9.17, 15) is 14.4 Å². The molecule has 1 atom stereocenters. The van der Waals surface area contributed by atoms with E-state index in [4.69, 9.17) is 4.99 Å². The van der Waals surface area contributed by atoms with E-state index in [0.717, 1.165) is 50.1 Å². The Kier molecular flexibility index (Phi) is 6.38. The summed E-state index contributed by atoms with van der Waals surface area (Å²) in [5.74, 6) is 1.24. The molecule has 1 unspecified atom stereocenters. The Hall–Kier alpha value is -2.81. The molecule has 0 N–H and O–H groups in total. The predicted octanol–water partition coefficient (Wildman–Crippen LogP) is 2.67. The summed E-state index contributed by atoms with van der Waals surface area (Å²) in [6.45, 7) is 1.52. The molecule has 3 heterocycles. The molecule has 4 aliphatic rings. The first-order valence-electron chi connectivity index (χ1n) is 12.0. The number of hydrogen-bond donors (Lipinski definition) is 0. The first-order chi connectivity index (χ1) is 16.4. The number of likely N-dealkylation sites (tertiary alicyclic amines) is 1. The molecule has 5 rings (SSSR count). The van der Waals surface area contributed by atoms with Crippen LogP contribution in [-0.2, 0) is 16.0 Å². The number of amides is 4. The molecule has 4 amide bonds. The Bertz CT molecular complexity index is 1100. The Morgan fingerprint density at radius 3 is 2.47 bits per heavy atom. The van der Waals surface area contributed by atoms with E-state index < -0.39 is 11.9 Å². The van der Waals surface area contributed by atoms with Crippen molar-refractivity contribution in [1.82, 2.24) is 9.80 Å². The third kappa shape index (κ3) is 4.58. The summed E-state index contributed by atoms with van der Waals surface area (Å²) in [6, 6.07) is 10.1. The zero-order valence-electron chi connectivity index (χ0n) is 19.6. The number of carbonyl (C=O) groups is 3. The third-order valence-electron chi connectivity index (χ3n) is 7.07. The minimum Gasteiger partial charge on any atom is -0.342 e. The van der Waals surface area contributed by atoms with E-state index in [2.05, 4.69) is 29.3 Å². The van der Waals surface area contributed by atoms with Gasteiger partial charge in [-0.1, -0.05) is 47.1 Å².